The highest BCUT2D eigenvalue weighted by Gasteiger charge is 2.29. The van der Waals surface area contributed by atoms with Crippen LogP contribution in [0.15, 0.2) is 114 Å². The van der Waals surface area contributed by atoms with Gasteiger partial charge in [0, 0.05) is 13.1 Å². The highest BCUT2D eigenvalue weighted by Crippen LogP contribution is 2.30. The standard InChI is InChI=1S/C28H24Cl2N2O3S/c29-26-17-16-24(18-27(26)30)32(36(34,35)25-14-8-3-9-15-25)21-28(33)31(19-22-10-4-1-5-11-22)20-23-12-6-2-7-13-23/h1-18H,19-21H2. The normalized spacial score (nSPS) is 11.2. The second-order valence-electron chi connectivity index (χ2n) is 8.14. The molecule has 0 bridgehead atoms. The smallest absolute Gasteiger partial charge is 0.264 e. The van der Waals surface area contributed by atoms with E-state index in [4.69, 9.17) is 23.2 Å². The quantitative estimate of drug-likeness (QED) is 0.247. The maximum absolute atomic E-state index is 13.7. The summed E-state index contributed by atoms with van der Waals surface area (Å²) >= 11 is 12.3. The summed E-state index contributed by atoms with van der Waals surface area (Å²) in [5.74, 6) is -0.353. The maximum Gasteiger partial charge on any atom is 0.264 e. The van der Waals surface area contributed by atoms with E-state index < -0.39 is 16.6 Å². The summed E-state index contributed by atoms with van der Waals surface area (Å²) in [6.07, 6.45) is 0. The van der Waals surface area contributed by atoms with Gasteiger partial charge in [-0.3, -0.25) is 9.10 Å². The number of rotatable bonds is 9. The Bertz CT molecular complexity index is 1380. The number of hydrogen-bond donors (Lipinski definition) is 0. The average molecular weight is 539 g/mol. The topological polar surface area (TPSA) is 57.7 Å². The molecule has 0 saturated heterocycles. The van der Waals surface area contributed by atoms with Crippen molar-refractivity contribution < 1.29 is 13.2 Å². The highest BCUT2D eigenvalue weighted by atomic mass is 35.5. The van der Waals surface area contributed by atoms with Crippen LogP contribution in [0, 0.1) is 0 Å². The van der Waals surface area contributed by atoms with Crippen molar-refractivity contribution >= 4 is 44.8 Å². The molecule has 4 rings (SSSR count). The zero-order valence-electron chi connectivity index (χ0n) is 19.3. The van der Waals surface area contributed by atoms with Crippen LogP contribution in [-0.2, 0) is 27.9 Å². The third-order valence-corrected chi connectivity index (χ3v) is 8.11. The molecular weight excluding hydrogens is 515 g/mol. The average Bonchev–Trinajstić information content (AvgIpc) is 2.90. The van der Waals surface area contributed by atoms with Gasteiger partial charge in [0.2, 0.25) is 5.91 Å². The minimum atomic E-state index is -4.07. The van der Waals surface area contributed by atoms with Gasteiger partial charge in [-0.2, -0.15) is 0 Å². The van der Waals surface area contributed by atoms with Crippen LogP contribution in [0.25, 0.3) is 0 Å². The van der Waals surface area contributed by atoms with E-state index in [1.54, 1.807) is 29.2 Å². The minimum Gasteiger partial charge on any atom is -0.332 e. The fraction of sp³-hybridized carbons (Fsp3) is 0.107. The molecule has 4 aromatic rings. The van der Waals surface area contributed by atoms with E-state index in [1.807, 2.05) is 60.7 Å². The molecule has 0 aliphatic rings. The highest BCUT2D eigenvalue weighted by molar-refractivity contribution is 7.92. The molecule has 0 fully saturated rings. The van der Waals surface area contributed by atoms with E-state index in [0.717, 1.165) is 15.4 Å². The van der Waals surface area contributed by atoms with E-state index in [2.05, 4.69) is 0 Å². The fourth-order valence-electron chi connectivity index (χ4n) is 3.74. The molecule has 0 N–H and O–H groups in total. The lowest BCUT2D eigenvalue weighted by atomic mass is 10.1. The van der Waals surface area contributed by atoms with Crippen molar-refractivity contribution in [1.29, 1.82) is 0 Å². The lowest BCUT2D eigenvalue weighted by Gasteiger charge is -2.29. The van der Waals surface area contributed by atoms with E-state index in [0.29, 0.717) is 18.1 Å². The summed E-state index contributed by atoms with van der Waals surface area (Å²) in [5, 5.41) is 0.485. The zero-order valence-corrected chi connectivity index (χ0v) is 21.6. The largest absolute Gasteiger partial charge is 0.332 e. The number of halogens is 2. The van der Waals surface area contributed by atoms with Crippen LogP contribution in [0.4, 0.5) is 5.69 Å². The SMILES string of the molecule is O=C(CN(c1ccc(Cl)c(Cl)c1)S(=O)(=O)c1ccccc1)N(Cc1ccccc1)Cc1ccccc1. The Hall–Kier alpha value is -3.32. The lowest BCUT2D eigenvalue weighted by Crippen LogP contribution is -2.42. The van der Waals surface area contributed by atoms with Crippen LogP contribution in [0.3, 0.4) is 0 Å². The van der Waals surface area contributed by atoms with E-state index in [9.17, 15) is 13.2 Å². The number of benzene rings is 4. The second-order valence-corrected chi connectivity index (χ2v) is 10.8. The third kappa shape index (κ3) is 6.26. The van der Waals surface area contributed by atoms with Crippen LogP contribution < -0.4 is 4.31 Å². The second kappa shape index (κ2) is 11.6. The van der Waals surface area contributed by atoms with Crippen molar-refractivity contribution in [3.63, 3.8) is 0 Å². The molecule has 0 unspecified atom stereocenters. The Morgan fingerprint density at radius 1 is 0.667 bits per heavy atom. The molecule has 0 saturated carbocycles. The molecule has 0 aromatic heterocycles. The van der Waals surface area contributed by atoms with Gasteiger partial charge in [0.25, 0.3) is 10.0 Å². The number of carbonyl (C=O) groups is 1. The zero-order chi connectivity index (χ0) is 25.5. The van der Waals surface area contributed by atoms with Crippen LogP contribution >= 0.6 is 23.2 Å². The molecule has 36 heavy (non-hydrogen) atoms. The molecule has 1 amide bonds. The maximum atomic E-state index is 13.7. The van der Waals surface area contributed by atoms with E-state index in [-0.39, 0.29) is 21.5 Å². The summed E-state index contributed by atoms with van der Waals surface area (Å²) in [5.41, 5.74) is 2.13. The van der Waals surface area contributed by atoms with Crippen LogP contribution in [0.1, 0.15) is 11.1 Å². The van der Waals surface area contributed by atoms with Crippen molar-refractivity contribution in [2.24, 2.45) is 0 Å². The van der Waals surface area contributed by atoms with E-state index >= 15 is 0 Å². The molecule has 0 heterocycles. The summed E-state index contributed by atoms with van der Waals surface area (Å²) in [6, 6.07) is 31.7. The van der Waals surface area contributed by atoms with Gasteiger partial charge in [-0.1, -0.05) is 102 Å². The first-order valence-corrected chi connectivity index (χ1v) is 13.4. The Labute approximate surface area is 221 Å². The van der Waals surface area contributed by atoms with Gasteiger partial charge in [-0.05, 0) is 41.5 Å². The molecule has 184 valence electrons. The number of hydrogen-bond acceptors (Lipinski definition) is 3. The third-order valence-electron chi connectivity index (χ3n) is 5.59. The molecular formula is C28H24Cl2N2O3S. The summed E-state index contributed by atoms with van der Waals surface area (Å²) in [7, 11) is -4.07. The van der Waals surface area contributed by atoms with Gasteiger partial charge in [0.15, 0.2) is 0 Å². The Balaban J connectivity index is 1.71. The van der Waals surface area contributed by atoms with Gasteiger partial charge in [0.05, 0.1) is 20.6 Å². The van der Waals surface area contributed by atoms with Gasteiger partial charge < -0.3 is 4.90 Å². The first kappa shape index (κ1) is 25.8. The van der Waals surface area contributed by atoms with Gasteiger partial charge >= 0.3 is 0 Å². The monoisotopic (exact) mass is 538 g/mol. The number of nitrogens with zero attached hydrogens (tertiary/aromatic N) is 2. The Morgan fingerprint density at radius 3 is 1.67 bits per heavy atom. The van der Waals surface area contributed by atoms with Gasteiger partial charge in [-0.25, -0.2) is 8.42 Å². The van der Waals surface area contributed by atoms with Crippen LogP contribution in [0.2, 0.25) is 10.0 Å². The number of anilines is 1. The molecule has 8 heteroatoms. The van der Waals surface area contributed by atoms with Crippen molar-refractivity contribution in [2.45, 2.75) is 18.0 Å². The van der Waals surface area contributed by atoms with Gasteiger partial charge in [0.1, 0.15) is 6.54 Å². The molecule has 0 aliphatic carbocycles. The Kier molecular flexibility index (Phi) is 8.31. The molecule has 0 spiro atoms. The molecule has 5 nitrogen and oxygen atoms in total. The predicted octanol–water partition coefficient (Wildman–Crippen LogP) is 6.42. The first-order chi connectivity index (χ1) is 17.3. The van der Waals surface area contributed by atoms with Crippen LogP contribution in [-0.4, -0.2) is 25.8 Å². The van der Waals surface area contributed by atoms with Crippen molar-refractivity contribution in [3.05, 3.63) is 130 Å². The number of sulfonamides is 1. The van der Waals surface area contributed by atoms with Crippen molar-refractivity contribution in [2.75, 3.05) is 10.8 Å². The summed E-state index contributed by atoms with van der Waals surface area (Å²) < 4.78 is 28.4. The number of carbonyl (C=O) groups excluding carboxylic acids is 1. The Morgan fingerprint density at radius 2 is 1.17 bits per heavy atom. The molecule has 0 atom stereocenters. The minimum absolute atomic E-state index is 0.0709. The van der Waals surface area contributed by atoms with E-state index in [1.165, 1.54) is 24.3 Å². The first-order valence-electron chi connectivity index (χ1n) is 11.2. The fourth-order valence-corrected chi connectivity index (χ4v) is 5.46. The van der Waals surface area contributed by atoms with Gasteiger partial charge in [-0.15, -0.1) is 0 Å². The van der Waals surface area contributed by atoms with Crippen molar-refractivity contribution in [3.8, 4) is 0 Å². The summed E-state index contributed by atoms with van der Waals surface area (Å²) in [6.45, 7) is 0.249. The van der Waals surface area contributed by atoms with Crippen LogP contribution in [0.5, 0.6) is 0 Å². The molecule has 0 aliphatic heterocycles. The number of amides is 1. The molecule has 0 radical (unpaired) electrons. The predicted molar refractivity (Wildman–Crippen MR) is 145 cm³/mol. The summed E-state index contributed by atoms with van der Waals surface area (Å²) in [4.78, 5) is 15.4. The van der Waals surface area contributed by atoms with Crippen molar-refractivity contribution in [1.82, 2.24) is 4.90 Å². The molecule has 4 aromatic carbocycles. The lowest BCUT2D eigenvalue weighted by molar-refractivity contribution is -0.130.